The summed E-state index contributed by atoms with van der Waals surface area (Å²) in [5, 5.41) is 3.09. The summed E-state index contributed by atoms with van der Waals surface area (Å²) in [7, 11) is 0. The maximum Gasteiger partial charge on any atom is 0.253 e. The lowest BCUT2D eigenvalue weighted by atomic mass is 9.81. The minimum absolute atomic E-state index is 0.116. The maximum atomic E-state index is 12.6. The predicted octanol–water partition coefficient (Wildman–Crippen LogP) is 2.84. The summed E-state index contributed by atoms with van der Waals surface area (Å²) in [6.07, 6.45) is 4.82. The molecule has 124 valence electrons. The minimum Gasteiger partial charge on any atom is -0.353 e. The Morgan fingerprint density at radius 3 is 2.52 bits per heavy atom. The van der Waals surface area contributed by atoms with Gasteiger partial charge in [0.2, 0.25) is 5.91 Å². The van der Waals surface area contributed by atoms with Crippen LogP contribution in [0.4, 0.5) is 0 Å². The Morgan fingerprint density at radius 1 is 1.13 bits per heavy atom. The molecule has 3 rings (SSSR count). The van der Waals surface area contributed by atoms with Crippen LogP contribution in [0.15, 0.2) is 30.3 Å². The average Bonchev–Trinajstić information content (AvgIpc) is 3.39. The lowest BCUT2D eigenvalue weighted by Crippen LogP contribution is -2.45. The average molecular weight is 314 g/mol. The summed E-state index contributed by atoms with van der Waals surface area (Å²) < 4.78 is 0. The van der Waals surface area contributed by atoms with Gasteiger partial charge in [-0.25, -0.2) is 0 Å². The predicted molar refractivity (Wildman–Crippen MR) is 90.0 cm³/mol. The van der Waals surface area contributed by atoms with Crippen molar-refractivity contribution in [2.45, 2.75) is 45.1 Å². The third kappa shape index (κ3) is 4.12. The van der Waals surface area contributed by atoms with Crippen molar-refractivity contribution in [2.75, 3.05) is 13.1 Å². The SMILES string of the molecule is CC[C@H]1CN(C(=O)c2ccccc2)CC[C@H]1CC(=O)NC1CC1. The second-order valence-corrected chi connectivity index (χ2v) is 6.88. The molecule has 1 saturated carbocycles. The molecule has 0 radical (unpaired) electrons. The molecule has 4 heteroatoms. The molecule has 1 aromatic carbocycles. The van der Waals surface area contributed by atoms with Crippen LogP contribution in [0, 0.1) is 11.8 Å². The van der Waals surface area contributed by atoms with Crippen LogP contribution in [0.2, 0.25) is 0 Å². The van der Waals surface area contributed by atoms with Crippen LogP contribution >= 0.6 is 0 Å². The molecule has 0 unspecified atom stereocenters. The van der Waals surface area contributed by atoms with Gasteiger partial charge in [-0.2, -0.15) is 0 Å². The fourth-order valence-electron chi connectivity index (χ4n) is 3.51. The molecule has 23 heavy (non-hydrogen) atoms. The van der Waals surface area contributed by atoms with E-state index in [1.165, 1.54) is 0 Å². The summed E-state index contributed by atoms with van der Waals surface area (Å²) >= 11 is 0. The van der Waals surface area contributed by atoms with Gasteiger partial charge in [0.1, 0.15) is 0 Å². The zero-order chi connectivity index (χ0) is 16.2. The topological polar surface area (TPSA) is 49.4 Å². The molecule has 1 aromatic rings. The van der Waals surface area contributed by atoms with Crippen molar-refractivity contribution in [3.8, 4) is 0 Å². The number of nitrogens with one attached hydrogen (secondary N) is 1. The second kappa shape index (κ2) is 7.16. The van der Waals surface area contributed by atoms with E-state index in [0.717, 1.165) is 44.3 Å². The lowest BCUT2D eigenvalue weighted by molar-refractivity contribution is -0.123. The van der Waals surface area contributed by atoms with Gasteiger partial charge in [0.25, 0.3) is 5.91 Å². The van der Waals surface area contributed by atoms with E-state index in [2.05, 4.69) is 12.2 Å². The Labute approximate surface area is 138 Å². The molecule has 1 aliphatic heterocycles. The van der Waals surface area contributed by atoms with Crippen molar-refractivity contribution in [3.05, 3.63) is 35.9 Å². The van der Waals surface area contributed by atoms with Gasteiger partial charge in [0.05, 0.1) is 0 Å². The third-order valence-corrected chi connectivity index (χ3v) is 5.11. The summed E-state index contributed by atoms with van der Waals surface area (Å²) in [5.74, 6) is 1.13. The highest BCUT2D eigenvalue weighted by Gasteiger charge is 2.33. The number of piperidine rings is 1. The van der Waals surface area contributed by atoms with E-state index >= 15 is 0 Å². The normalized spacial score (nSPS) is 24.3. The number of carbonyl (C=O) groups excluding carboxylic acids is 2. The van der Waals surface area contributed by atoms with E-state index < -0.39 is 0 Å². The Bertz CT molecular complexity index is 554. The van der Waals surface area contributed by atoms with Crippen molar-refractivity contribution < 1.29 is 9.59 Å². The van der Waals surface area contributed by atoms with Crippen LogP contribution in [-0.2, 0) is 4.79 Å². The molecule has 2 aliphatic rings. The number of hydrogen-bond acceptors (Lipinski definition) is 2. The summed E-state index contributed by atoms with van der Waals surface area (Å²) in [6.45, 7) is 3.68. The zero-order valence-electron chi connectivity index (χ0n) is 13.8. The summed E-state index contributed by atoms with van der Waals surface area (Å²) in [6, 6.07) is 9.91. The number of benzene rings is 1. The van der Waals surface area contributed by atoms with E-state index in [-0.39, 0.29) is 11.8 Å². The number of nitrogens with zero attached hydrogens (tertiary/aromatic N) is 1. The van der Waals surface area contributed by atoms with Gasteiger partial charge in [-0.05, 0) is 43.2 Å². The van der Waals surface area contributed by atoms with Gasteiger partial charge >= 0.3 is 0 Å². The van der Waals surface area contributed by atoms with E-state index in [4.69, 9.17) is 0 Å². The maximum absolute atomic E-state index is 12.6. The van der Waals surface area contributed by atoms with Crippen LogP contribution < -0.4 is 5.32 Å². The van der Waals surface area contributed by atoms with Crippen LogP contribution in [0.1, 0.15) is 49.4 Å². The first-order chi connectivity index (χ1) is 11.2. The van der Waals surface area contributed by atoms with Crippen LogP contribution in [0.3, 0.4) is 0 Å². The fourth-order valence-corrected chi connectivity index (χ4v) is 3.51. The molecule has 2 fully saturated rings. The van der Waals surface area contributed by atoms with E-state index in [1.807, 2.05) is 35.2 Å². The Hall–Kier alpha value is -1.84. The first-order valence-electron chi connectivity index (χ1n) is 8.81. The fraction of sp³-hybridized carbons (Fsp3) is 0.579. The quantitative estimate of drug-likeness (QED) is 0.908. The summed E-state index contributed by atoms with van der Waals surface area (Å²) in [5.41, 5.74) is 0.757. The molecule has 0 aromatic heterocycles. The first-order valence-corrected chi connectivity index (χ1v) is 8.81. The molecule has 1 heterocycles. The lowest BCUT2D eigenvalue weighted by Gasteiger charge is -2.38. The number of rotatable bonds is 5. The van der Waals surface area contributed by atoms with Gasteiger partial charge in [0.15, 0.2) is 0 Å². The molecule has 1 aliphatic carbocycles. The van der Waals surface area contributed by atoms with Crippen LogP contribution in [0.5, 0.6) is 0 Å². The number of hydrogen-bond donors (Lipinski definition) is 1. The standard InChI is InChI=1S/C19H26N2O2/c1-2-14-13-21(19(23)15-6-4-3-5-7-15)11-10-16(14)12-18(22)20-17-8-9-17/h3-7,14,16-17H,2,8-13H2,1H3,(H,20,22)/t14-,16-/m0/s1. The van der Waals surface area contributed by atoms with E-state index in [1.54, 1.807) is 0 Å². The van der Waals surface area contributed by atoms with Crippen molar-refractivity contribution in [1.29, 1.82) is 0 Å². The van der Waals surface area contributed by atoms with Crippen LogP contribution in [0.25, 0.3) is 0 Å². The largest absolute Gasteiger partial charge is 0.353 e. The van der Waals surface area contributed by atoms with Crippen molar-refractivity contribution in [3.63, 3.8) is 0 Å². The van der Waals surface area contributed by atoms with Crippen molar-refractivity contribution in [2.24, 2.45) is 11.8 Å². The van der Waals surface area contributed by atoms with E-state index in [9.17, 15) is 9.59 Å². The number of likely N-dealkylation sites (tertiary alicyclic amines) is 1. The monoisotopic (exact) mass is 314 g/mol. The summed E-state index contributed by atoms with van der Waals surface area (Å²) in [4.78, 5) is 26.6. The van der Waals surface area contributed by atoms with Crippen LogP contribution in [-0.4, -0.2) is 35.8 Å². The van der Waals surface area contributed by atoms with E-state index in [0.29, 0.717) is 24.3 Å². The number of amides is 2. The molecule has 1 saturated heterocycles. The van der Waals surface area contributed by atoms with Gasteiger partial charge < -0.3 is 10.2 Å². The Kier molecular flexibility index (Phi) is 4.99. The van der Waals surface area contributed by atoms with Crippen molar-refractivity contribution >= 4 is 11.8 Å². The number of carbonyl (C=O) groups is 2. The molecule has 0 bridgehead atoms. The van der Waals surface area contributed by atoms with Gasteiger partial charge in [-0.15, -0.1) is 0 Å². The highest BCUT2D eigenvalue weighted by molar-refractivity contribution is 5.94. The molecular formula is C19H26N2O2. The Morgan fingerprint density at radius 2 is 1.87 bits per heavy atom. The Balaban J connectivity index is 1.57. The highest BCUT2D eigenvalue weighted by Crippen LogP contribution is 2.30. The van der Waals surface area contributed by atoms with Crippen molar-refractivity contribution in [1.82, 2.24) is 10.2 Å². The van der Waals surface area contributed by atoms with Gasteiger partial charge in [0, 0.05) is 31.1 Å². The van der Waals surface area contributed by atoms with Gasteiger partial charge in [-0.3, -0.25) is 9.59 Å². The molecule has 2 amide bonds. The van der Waals surface area contributed by atoms with Gasteiger partial charge in [-0.1, -0.05) is 31.5 Å². The smallest absolute Gasteiger partial charge is 0.253 e. The third-order valence-electron chi connectivity index (χ3n) is 5.11. The molecule has 2 atom stereocenters. The highest BCUT2D eigenvalue weighted by atomic mass is 16.2. The first kappa shape index (κ1) is 16.0. The second-order valence-electron chi connectivity index (χ2n) is 6.88. The molecule has 0 spiro atoms. The minimum atomic E-state index is 0.116. The molecule has 4 nitrogen and oxygen atoms in total. The molecular weight excluding hydrogens is 288 g/mol. The molecule has 1 N–H and O–H groups in total. The zero-order valence-corrected chi connectivity index (χ0v) is 13.8.